The van der Waals surface area contributed by atoms with Crippen molar-refractivity contribution in [3.05, 3.63) is 59.7 Å². The molecule has 0 aliphatic heterocycles. The largest absolute Gasteiger partial charge is 0.481 e. The van der Waals surface area contributed by atoms with E-state index in [9.17, 15) is 14.4 Å². The van der Waals surface area contributed by atoms with Gasteiger partial charge in [0.15, 0.2) is 0 Å². The monoisotopic (exact) mass is 464 g/mol. The predicted octanol–water partition coefficient (Wildman–Crippen LogP) is 4.31. The van der Waals surface area contributed by atoms with Crippen molar-refractivity contribution in [2.75, 3.05) is 13.2 Å². The molecule has 0 heterocycles. The quantitative estimate of drug-likeness (QED) is 0.486. The van der Waals surface area contributed by atoms with Crippen molar-refractivity contribution in [2.45, 2.75) is 51.0 Å². The summed E-state index contributed by atoms with van der Waals surface area (Å²) in [6.45, 7) is 2.71. The van der Waals surface area contributed by atoms with E-state index in [0.29, 0.717) is 18.9 Å². The number of alkyl carbamates (subject to hydrolysis) is 1. The van der Waals surface area contributed by atoms with Crippen LogP contribution in [0.15, 0.2) is 48.5 Å². The molecule has 1 fully saturated rings. The first-order valence-corrected chi connectivity index (χ1v) is 12.0. The number of aliphatic carboxylic acids is 1. The molecule has 0 saturated heterocycles. The first kappa shape index (κ1) is 23.8. The average Bonchev–Trinajstić information content (AvgIpc) is 3.12. The zero-order valence-electron chi connectivity index (χ0n) is 19.5. The fourth-order valence-electron chi connectivity index (χ4n) is 5.11. The maximum Gasteiger partial charge on any atom is 0.407 e. The highest BCUT2D eigenvalue weighted by Gasteiger charge is 2.31. The SMILES string of the molecule is CC[C@@H](CC(=O)NCC1CC(CC(=O)O)C1)NC(=O)OCC1c2ccccc2-c2ccccc21. The summed E-state index contributed by atoms with van der Waals surface area (Å²) in [6, 6.07) is 16.1. The summed E-state index contributed by atoms with van der Waals surface area (Å²) < 4.78 is 5.59. The molecule has 0 spiro atoms. The van der Waals surface area contributed by atoms with E-state index >= 15 is 0 Å². The highest BCUT2D eigenvalue weighted by Crippen LogP contribution is 2.44. The van der Waals surface area contributed by atoms with E-state index in [1.807, 2.05) is 31.2 Å². The Morgan fingerprint density at radius 3 is 2.21 bits per heavy atom. The summed E-state index contributed by atoms with van der Waals surface area (Å²) in [5.41, 5.74) is 4.67. The summed E-state index contributed by atoms with van der Waals surface area (Å²) in [4.78, 5) is 35.6. The molecule has 1 atom stereocenters. The van der Waals surface area contributed by atoms with Gasteiger partial charge in [-0.2, -0.15) is 0 Å². The Bertz CT molecular complexity index is 1000. The van der Waals surface area contributed by atoms with E-state index in [0.717, 1.165) is 24.0 Å². The number of amides is 2. The van der Waals surface area contributed by atoms with Crippen LogP contribution in [0.3, 0.4) is 0 Å². The first-order valence-electron chi connectivity index (χ1n) is 12.0. The number of carboxylic acid groups (broad SMARTS) is 1. The van der Waals surface area contributed by atoms with Crippen LogP contribution in [0.2, 0.25) is 0 Å². The van der Waals surface area contributed by atoms with Gasteiger partial charge < -0.3 is 20.5 Å². The number of carbonyl (C=O) groups excluding carboxylic acids is 2. The van der Waals surface area contributed by atoms with Gasteiger partial charge >= 0.3 is 12.1 Å². The van der Waals surface area contributed by atoms with Gasteiger partial charge in [0.25, 0.3) is 0 Å². The van der Waals surface area contributed by atoms with Crippen LogP contribution >= 0.6 is 0 Å². The molecule has 4 rings (SSSR count). The fourth-order valence-corrected chi connectivity index (χ4v) is 5.11. The molecular weight excluding hydrogens is 432 g/mol. The number of benzene rings is 2. The third kappa shape index (κ3) is 5.58. The summed E-state index contributed by atoms with van der Waals surface area (Å²) in [5.74, 6) is -0.333. The highest BCUT2D eigenvalue weighted by molar-refractivity contribution is 5.79. The zero-order valence-corrected chi connectivity index (χ0v) is 19.5. The van der Waals surface area contributed by atoms with Crippen LogP contribution in [0, 0.1) is 11.8 Å². The van der Waals surface area contributed by atoms with E-state index in [-0.39, 0.29) is 43.2 Å². The minimum Gasteiger partial charge on any atom is -0.481 e. The normalized spacial score (nSPS) is 19.3. The molecule has 180 valence electrons. The number of carboxylic acids is 1. The second kappa shape index (κ2) is 10.7. The Morgan fingerprint density at radius 2 is 1.62 bits per heavy atom. The van der Waals surface area contributed by atoms with E-state index in [1.54, 1.807) is 0 Å². The van der Waals surface area contributed by atoms with Crippen molar-refractivity contribution in [3.63, 3.8) is 0 Å². The molecule has 7 nitrogen and oxygen atoms in total. The lowest BCUT2D eigenvalue weighted by atomic mass is 9.73. The number of ether oxygens (including phenoxy) is 1. The lowest BCUT2D eigenvalue weighted by Crippen LogP contribution is -2.41. The summed E-state index contributed by atoms with van der Waals surface area (Å²) in [5, 5.41) is 14.6. The standard InChI is InChI=1S/C27H32N2O5/c1-2-19(14-25(30)28-15-18-11-17(12-18)13-26(31)32)29-27(33)34-16-24-22-9-5-3-7-20(22)21-8-4-6-10-23(21)24/h3-10,17-19,24H,2,11-16H2,1H3,(H,28,30)(H,29,33)(H,31,32)/t17?,18?,19-/m0/s1. The number of carbonyl (C=O) groups is 3. The molecule has 0 radical (unpaired) electrons. The smallest absolute Gasteiger partial charge is 0.407 e. The Balaban J connectivity index is 1.22. The van der Waals surface area contributed by atoms with Crippen molar-refractivity contribution in [1.82, 2.24) is 10.6 Å². The van der Waals surface area contributed by atoms with Crippen LogP contribution in [0.1, 0.15) is 56.1 Å². The highest BCUT2D eigenvalue weighted by atomic mass is 16.5. The van der Waals surface area contributed by atoms with Crippen LogP contribution < -0.4 is 10.6 Å². The van der Waals surface area contributed by atoms with Gasteiger partial charge in [-0.1, -0.05) is 55.5 Å². The van der Waals surface area contributed by atoms with E-state index < -0.39 is 12.1 Å². The van der Waals surface area contributed by atoms with Gasteiger partial charge in [0, 0.05) is 31.3 Å². The number of nitrogens with one attached hydrogen (secondary N) is 2. The van der Waals surface area contributed by atoms with Gasteiger partial charge in [0.05, 0.1) is 0 Å². The second-order valence-corrected chi connectivity index (χ2v) is 9.38. The predicted molar refractivity (Wildman–Crippen MR) is 128 cm³/mol. The fraction of sp³-hybridized carbons (Fsp3) is 0.444. The zero-order chi connectivity index (χ0) is 24.1. The molecular formula is C27H32N2O5. The van der Waals surface area contributed by atoms with Gasteiger partial charge in [-0.3, -0.25) is 9.59 Å². The molecule has 2 aliphatic rings. The summed E-state index contributed by atoms with van der Waals surface area (Å²) >= 11 is 0. The van der Waals surface area contributed by atoms with E-state index in [4.69, 9.17) is 9.84 Å². The maximum absolute atomic E-state index is 12.5. The van der Waals surface area contributed by atoms with Crippen LogP contribution in [0.25, 0.3) is 11.1 Å². The first-order chi connectivity index (χ1) is 16.4. The lowest BCUT2D eigenvalue weighted by molar-refractivity contribution is -0.139. The lowest BCUT2D eigenvalue weighted by Gasteiger charge is -2.34. The molecule has 7 heteroatoms. The Hall–Kier alpha value is -3.35. The van der Waals surface area contributed by atoms with Crippen LogP contribution in [-0.4, -0.2) is 42.3 Å². The van der Waals surface area contributed by atoms with E-state index in [2.05, 4.69) is 34.9 Å². The van der Waals surface area contributed by atoms with Crippen molar-refractivity contribution in [2.24, 2.45) is 11.8 Å². The number of hydrogen-bond donors (Lipinski definition) is 3. The second-order valence-electron chi connectivity index (χ2n) is 9.38. The minimum atomic E-state index is -0.766. The van der Waals surface area contributed by atoms with E-state index in [1.165, 1.54) is 11.1 Å². The summed E-state index contributed by atoms with van der Waals surface area (Å²) in [6.07, 6.45) is 2.15. The molecule has 0 unspecified atom stereocenters. The van der Waals surface area contributed by atoms with Crippen LogP contribution in [0.5, 0.6) is 0 Å². The third-order valence-electron chi connectivity index (χ3n) is 6.97. The van der Waals surface area contributed by atoms with Gasteiger partial charge in [0.2, 0.25) is 5.91 Å². The number of hydrogen-bond acceptors (Lipinski definition) is 4. The van der Waals surface area contributed by atoms with Crippen molar-refractivity contribution >= 4 is 18.0 Å². The molecule has 2 aromatic rings. The molecule has 0 aromatic heterocycles. The Labute approximate surface area is 199 Å². The minimum absolute atomic E-state index is 0.00560. The number of rotatable bonds is 10. The van der Waals surface area contributed by atoms with Gasteiger partial charge in [-0.05, 0) is 53.4 Å². The van der Waals surface area contributed by atoms with Crippen molar-refractivity contribution < 1.29 is 24.2 Å². The van der Waals surface area contributed by atoms with Gasteiger partial charge in [-0.25, -0.2) is 4.79 Å². The molecule has 3 N–H and O–H groups in total. The summed E-state index contributed by atoms with van der Waals surface area (Å²) in [7, 11) is 0. The Kier molecular flexibility index (Phi) is 7.50. The van der Waals surface area contributed by atoms with Crippen LogP contribution in [-0.2, 0) is 14.3 Å². The molecule has 2 aliphatic carbocycles. The maximum atomic E-state index is 12.5. The third-order valence-corrected chi connectivity index (χ3v) is 6.97. The molecule has 2 aromatic carbocycles. The molecule has 1 saturated carbocycles. The van der Waals surface area contributed by atoms with Gasteiger partial charge in [0.1, 0.15) is 6.61 Å². The average molecular weight is 465 g/mol. The molecule has 0 bridgehead atoms. The topological polar surface area (TPSA) is 105 Å². The van der Waals surface area contributed by atoms with Crippen LogP contribution in [0.4, 0.5) is 4.79 Å². The Morgan fingerprint density at radius 1 is 1.00 bits per heavy atom. The molecule has 34 heavy (non-hydrogen) atoms. The molecule has 2 amide bonds. The van der Waals surface area contributed by atoms with Gasteiger partial charge in [-0.15, -0.1) is 0 Å². The number of fused-ring (bicyclic) bond motifs is 3. The van der Waals surface area contributed by atoms with Crippen molar-refractivity contribution in [3.8, 4) is 11.1 Å². The van der Waals surface area contributed by atoms with Crippen molar-refractivity contribution in [1.29, 1.82) is 0 Å².